The SMILES string of the molecule is NC(NCc1ccccc1)C1=CC2CC12c1ccccc1. The number of hydrogen-bond donors (Lipinski definition) is 2. The van der Waals surface area contributed by atoms with E-state index in [1.807, 2.05) is 6.07 Å². The Kier molecular flexibility index (Phi) is 2.95. The van der Waals surface area contributed by atoms with Gasteiger partial charge in [0.25, 0.3) is 0 Å². The maximum atomic E-state index is 6.39. The molecule has 3 atom stereocenters. The third-order valence-corrected chi connectivity index (χ3v) is 4.90. The van der Waals surface area contributed by atoms with E-state index in [1.165, 1.54) is 23.1 Å². The van der Waals surface area contributed by atoms with E-state index in [0.29, 0.717) is 5.92 Å². The van der Waals surface area contributed by atoms with Gasteiger partial charge in [0, 0.05) is 12.0 Å². The zero-order chi connectivity index (χ0) is 14.3. The molecule has 2 aromatic rings. The van der Waals surface area contributed by atoms with Gasteiger partial charge in [0.15, 0.2) is 0 Å². The van der Waals surface area contributed by atoms with Gasteiger partial charge in [-0.25, -0.2) is 0 Å². The first-order valence-corrected chi connectivity index (χ1v) is 7.61. The highest BCUT2D eigenvalue weighted by Gasteiger charge is 2.63. The van der Waals surface area contributed by atoms with Crippen LogP contribution in [0.2, 0.25) is 0 Å². The van der Waals surface area contributed by atoms with Crippen molar-refractivity contribution in [3.05, 3.63) is 83.4 Å². The predicted octanol–water partition coefficient (Wildman–Crippen LogP) is 2.96. The van der Waals surface area contributed by atoms with Crippen LogP contribution in [0.4, 0.5) is 0 Å². The molecule has 1 saturated carbocycles. The van der Waals surface area contributed by atoms with Crippen LogP contribution in [0.5, 0.6) is 0 Å². The zero-order valence-corrected chi connectivity index (χ0v) is 12.0. The number of allylic oxidation sites excluding steroid dienone is 1. The zero-order valence-electron chi connectivity index (χ0n) is 12.0. The number of fused-ring (bicyclic) bond motifs is 1. The molecule has 0 aliphatic heterocycles. The minimum absolute atomic E-state index is 0.0517. The number of nitrogens with two attached hydrogens (primary N) is 1. The van der Waals surface area contributed by atoms with E-state index >= 15 is 0 Å². The lowest BCUT2D eigenvalue weighted by atomic mass is 9.76. The largest absolute Gasteiger partial charge is 0.312 e. The van der Waals surface area contributed by atoms with Crippen molar-refractivity contribution in [2.75, 3.05) is 0 Å². The van der Waals surface area contributed by atoms with Gasteiger partial charge in [-0.3, -0.25) is 5.32 Å². The van der Waals surface area contributed by atoms with Crippen LogP contribution in [0.15, 0.2) is 72.3 Å². The van der Waals surface area contributed by atoms with Gasteiger partial charge in [-0.15, -0.1) is 0 Å². The van der Waals surface area contributed by atoms with Crippen molar-refractivity contribution in [1.82, 2.24) is 5.32 Å². The third-order valence-electron chi connectivity index (χ3n) is 4.90. The second-order valence-corrected chi connectivity index (χ2v) is 6.11. The smallest absolute Gasteiger partial charge is 0.0780 e. The molecule has 0 heterocycles. The van der Waals surface area contributed by atoms with Crippen LogP contribution in [0.3, 0.4) is 0 Å². The summed E-state index contributed by atoms with van der Waals surface area (Å²) in [5, 5.41) is 3.46. The number of rotatable bonds is 5. The standard InChI is InChI=1S/C19H20N2/c20-18(21-13-14-7-3-1-4-8-14)17-11-16-12-19(16,17)15-9-5-2-6-10-15/h1-11,16,18,21H,12-13,20H2. The summed E-state index contributed by atoms with van der Waals surface area (Å²) in [4.78, 5) is 0. The Labute approximate surface area is 125 Å². The molecule has 2 aliphatic carbocycles. The van der Waals surface area contributed by atoms with Crippen LogP contribution >= 0.6 is 0 Å². The molecule has 0 saturated heterocycles. The molecule has 0 radical (unpaired) electrons. The number of nitrogens with one attached hydrogen (secondary N) is 1. The molecule has 2 aromatic carbocycles. The van der Waals surface area contributed by atoms with Gasteiger partial charge in [-0.1, -0.05) is 66.7 Å². The Balaban J connectivity index is 1.46. The second-order valence-electron chi connectivity index (χ2n) is 6.11. The lowest BCUT2D eigenvalue weighted by Gasteiger charge is -2.33. The van der Waals surface area contributed by atoms with Crippen molar-refractivity contribution in [2.24, 2.45) is 11.7 Å². The molecular formula is C19H20N2. The quantitative estimate of drug-likeness (QED) is 0.651. The maximum Gasteiger partial charge on any atom is 0.0780 e. The average Bonchev–Trinajstić information content (AvgIpc) is 3.12. The fourth-order valence-electron chi connectivity index (χ4n) is 3.64. The highest BCUT2D eigenvalue weighted by atomic mass is 15.0. The molecule has 2 nitrogen and oxygen atoms in total. The third kappa shape index (κ3) is 2.03. The summed E-state index contributed by atoms with van der Waals surface area (Å²) < 4.78 is 0. The Bertz CT molecular complexity index is 662. The summed E-state index contributed by atoms with van der Waals surface area (Å²) in [6, 6.07) is 21.2. The van der Waals surface area contributed by atoms with Gasteiger partial charge >= 0.3 is 0 Å². The summed E-state index contributed by atoms with van der Waals surface area (Å²) in [5.74, 6) is 0.708. The summed E-state index contributed by atoms with van der Waals surface area (Å²) in [5.41, 5.74) is 10.7. The van der Waals surface area contributed by atoms with Crippen molar-refractivity contribution in [1.29, 1.82) is 0 Å². The minimum atomic E-state index is -0.0517. The molecule has 0 bridgehead atoms. The summed E-state index contributed by atoms with van der Waals surface area (Å²) in [6.07, 6.45) is 3.53. The van der Waals surface area contributed by atoms with E-state index in [4.69, 9.17) is 5.73 Å². The topological polar surface area (TPSA) is 38.0 Å². The molecule has 0 amide bonds. The normalized spacial score (nSPS) is 27.3. The van der Waals surface area contributed by atoms with Gasteiger partial charge in [-0.05, 0) is 29.0 Å². The molecule has 2 aliphatic rings. The minimum Gasteiger partial charge on any atom is -0.312 e. The number of benzene rings is 2. The highest BCUT2D eigenvalue weighted by Crippen LogP contribution is 2.67. The molecule has 0 spiro atoms. The Morgan fingerprint density at radius 1 is 1.05 bits per heavy atom. The molecule has 1 fully saturated rings. The van der Waals surface area contributed by atoms with E-state index in [-0.39, 0.29) is 11.6 Å². The van der Waals surface area contributed by atoms with Crippen LogP contribution < -0.4 is 11.1 Å². The van der Waals surface area contributed by atoms with E-state index in [0.717, 1.165) is 6.54 Å². The molecule has 3 N–H and O–H groups in total. The van der Waals surface area contributed by atoms with Gasteiger partial charge < -0.3 is 5.73 Å². The second kappa shape index (κ2) is 4.83. The summed E-state index contributed by atoms with van der Waals surface area (Å²) >= 11 is 0. The number of hydrogen-bond acceptors (Lipinski definition) is 2. The van der Waals surface area contributed by atoms with Crippen molar-refractivity contribution in [3.63, 3.8) is 0 Å². The molecular weight excluding hydrogens is 256 g/mol. The Morgan fingerprint density at radius 2 is 1.71 bits per heavy atom. The van der Waals surface area contributed by atoms with E-state index in [9.17, 15) is 0 Å². The lowest BCUT2D eigenvalue weighted by molar-refractivity contribution is 0.511. The van der Waals surface area contributed by atoms with Gasteiger partial charge in [0.1, 0.15) is 0 Å². The van der Waals surface area contributed by atoms with Crippen LogP contribution in [-0.2, 0) is 12.0 Å². The molecule has 106 valence electrons. The predicted molar refractivity (Wildman–Crippen MR) is 85.6 cm³/mol. The summed E-state index contributed by atoms with van der Waals surface area (Å²) in [7, 11) is 0. The van der Waals surface area contributed by atoms with Crippen molar-refractivity contribution >= 4 is 0 Å². The van der Waals surface area contributed by atoms with Crippen LogP contribution in [-0.4, -0.2) is 6.17 Å². The Morgan fingerprint density at radius 3 is 2.33 bits per heavy atom. The first-order chi connectivity index (χ1) is 10.3. The van der Waals surface area contributed by atoms with Crippen molar-refractivity contribution in [2.45, 2.75) is 24.5 Å². The van der Waals surface area contributed by atoms with Crippen LogP contribution in [0.1, 0.15) is 17.5 Å². The van der Waals surface area contributed by atoms with Crippen LogP contribution in [0, 0.1) is 5.92 Å². The van der Waals surface area contributed by atoms with E-state index < -0.39 is 0 Å². The Hall–Kier alpha value is -1.90. The average molecular weight is 276 g/mol. The monoisotopic (exact) mass is 276 g/mol. The van der Waals surface area contributed by atoms with Crippen LogP contribution in [0.25, 0.3) is 0 Å². The van der Waals surface area contributed by atoms with Crippen molar-refractivity contribution in [3.8, 4) is 0 Å². The fourth-order valence-corrected chi connectivity index (χ4v) is 3.64. The lowest BCUT2D eigenvalue weighted by Crippen LogP contribution is -2.45. The molecule has 0 aromatic heterocycles. The molecule has 2 heteroatoms. The molecule has 3 unspecified atom stereocenters. The maximum absolute atomic E-state index is 6.39. The van der Waals surface area contributed by atoms with E-state index in [2.05, 4.69) is 66.0 Å². The van der Waals surface area contributed by atoms with Gasteiger partial charge in [0.2, 0.25) is 0 Å². The highest BCUT2D eigenvalue weighted by molar-refractivity contribution is 5.56. The van der Waals surface area contributed by atoms with Gasteiger partial charge in [0.05, 0.1) is 6.17 Å². The first-order valence-electron chi connectivity index (χ1n) is 7.61. The molecule has 21 heavy (non-hydrogen) atoms. The first kappa shape index (κ1) is 12.8. The fraction of sp³-hybridized carbons (Fsp3) is 0.263. The molecule has 4 rings (SSSR count). The summed E-state index contributed by atoms with van der Waals surface area (Å²) in [6.45, 7) is 0.814. The van der Waals surface area contributed by atoms with Gasteiger partial charge in [-0.2, -0.15) is 0 Å². The van der Waals surface area contributed by atoms with Crippen molar-refractivity contribution < 1.29 is 0 Å². The van der Waals surface area contributed by atoms with E-state index in [1.54, 1.807) is 0 Å².